The number of benzene rings is 2. The van der Waals surface area contributed by atoms with E-state index in [1.54, 1.807) is 18.3 Å². The minimum atomic E-state index is -0.817. The van der Waals surface area contributed by atoms with E-state index in [2.05, 4.69) is 31.4 Å². The molecule has 0 aliphatic carbocycles. The molecule has 0 saturated heterocycles. The molecule has 152 valence electrons. The average Bonchev–Trinajstić information content (AvgIpc) is 2.69. The number of halogens is 1. The lowest BCUT2D eigenvalue weighted by Gasteiger charge is -2.24. The molecule has 3 rings (SSSR count). The lowest BCUT2D eigenvalue weighted by molar-refractivity contribution is -0.869. The molecule has 0 spiro atoms. The number of ether oxygens (including phenoxy) is 1. The number of nitrogens with zero attached hydrogens (tertiary/aromatic N) is 2. The number of hydrogen-bond acceptors (Lipinski definition) is 4. The maximum Gasteiger partial charge on any atom is 0.148 e. The SMILES string of the molecule is C[N+](C)(C)CCNC(O)c1cc(-c2ccc(Oc3ccc(F)cc3)cc2)ccn1. The molecule has 2 aromatic carbocycles. The first-order chi connectivity index (χ1) is 13.8. The zero-order chi connectivity index (χ0) is 20.9. The van der Waals surface area contributed by atoms with Gasteiger partial charge in [0.15, 0.2) is 0 Å². The van der Waals surface area contributed by atoms with E-state index in [0.29, 0.717) is 23.7 Å². The molecule has 6 heteroatoms. The van der Waals surface area contributed by atoms with Crippen LogP contribution in [0.3, 0.4) is 0 Å². The molecule has 0 radical (unpaired) electrons. The summed E-state index contributed by atoms with van der Waals surface area (Å²) in [6.07, 6.45) is 0.876. The van der Waals surface area contributed by atoms with Crippen LogP contribution in [0.25, 0.3) is 11.1 Å². The molecule has 2 N–H and O–H groups in total. The van der Waals surface area contributed by atoms with Gasteiger partial charge in [0, 0.05) is 12.7 Å². The molecule has 1 heterocycles. The third kappa shape index (κ3) is 6.35. The van der Waals surface area contributed by atoms with Crippen molar-refractivity contribution in [2.24, 2.45) is 0 Å². The van der Waals surface area contributed by atoms with Crippen LogP contribution in [0.5, 0.6) is 11.5 Å². The lowest BCUT2D eigenvalue weighted by atomic mass is 10.1. The minimum absolute atomic E-state index is 0.296. The molecule has 1 atom stereocenters. The molecule has 29 heavy (non-hydrogen) atoms. The molecule has 5 nitrogen and oxygen atoms in total. The first kappa shape index (κ1) is 20.9. The van der Waals surface area contributed by atoms with Crippen LogP contribution < -0.4 is 10.1 Å². The minimum Gasteiger partial charge on any atom is -0.457 e. The quantitative estimate of drug-likeness (QED) is 0.447. The lowest BCUT2D eigenvalue weighted by Crippen LogP contribution is -2.41. The van der Waals surface area contributed by atoms with Gasteiger partial charge < -0.3 is 14.3 Å². The van der Waals surface area contributed by atoms with Crippen LogP contribution in [0.1, 0.15) is 11.9 Å². The highest BCUT2D eigenvalue weighted by molar-refractivity contribution is 5.64. The largest absolute Gasteiger partial charge is 0.457 e. The van der Waals surface area contributed by atoms with E-state index >= 15 is 0 Å². The predicted octanol–water partition coefficient (Wildman–Crippen LogP) is 3.97. The normalized spacial score (nSPS) is 12.6. The summed E-state index contributed by atoms with van der Waals surface area (Å²) in [5.74, 6) is 0.945. The van der Waals surface area contributed by atoms with Crippen LogP contribution in [0.15, 0.2) is 66.9 Å². The summed E-state index contributed by atoms with van der Waals surface area (Å²) in [6.45, 7) is 1.58. The van der Waals surface area contributed by atoms with Crippen molar-refractivity contribution >= 4 is 0 Å². The molecule has 1 aromatic heterocycles. The van der Waals surface area contributed by atoms with Crippen LogP contribution >= 0.6 is 0 Å². The monoisotopic (exact) mass is 396 g/mol. The van der Waals surface area contributed by atoms with Gasteiger partial charge in [-0.3, -0.25) is 10.3 Å². The second-order valence-electron chi connectivity index (χ2n) is 7.92. The Hall–Kier alpha value is -2.80. The van der Waals surface area contributed by atoms with Crippen molar-refractivity contribution in [3.63, 3.8) is 0 Å². The summed E-state index contributed by atoms with van der Waals surface area (Å²) >= 11 is 0. The van der Waals surface area contributed by atoms with Gasteiger partial charge in [-0.1, -0.05) is 12.1 Å². The van der Waals surface area contributed by atoms with Crippen molar-refractivity contribution in [2.75, 3.05) is 34.2 Å². The number of pyridine rings is 1. The number of aliphatic hydroxyl groups is 1. The van der Waals surface area contributed by atoms with Gasteiger partial charge >= 0.3 is 0 Å². The fraction of sp³-hybridized carbons (Fsp3) is 0.261. The third-order valence-corrected chi connectivity index (χ3v) is 4.42. The topological polar surface area (TPSA) is 54.4 Å². The summed E-state index contributed by atoms with van der Waals surface area (Å²) in [6, 6.07) is 17.3. The zero-order valence-corrected chi connectivity index (χ0v) is 17.0. The summed E-state index contributed by atoms with van der Waals surface area (Å²) in [5.41, 5.74) is 2.52. The molecule has 0 aliphatic rings. The summed E-state index contributed by atoms with van der Waals surface area (Å²) < 4.78 is 19.5. The molecule has 3 aromatic rings. The van der Waals surface area contributed by atoms with E-state index < -0.39 is 6.23 Å². The van der Waals surface area contributed by atoms with Crippen LogP contribution in [0, 0.1) is 5.82 Å². The first-order valence-electron chi connectivity index (χ1n) is 9.52. The molecule has 1 unspecified atom stereocenters. The Kier molecular flexibility index (Phi) is 6.59. The molecule has 0 fully saturated rings. The number of rotatable bonds is 8. The van der Waals surface area contributed by atoms with Gasteiger partial charge in [0.2, 0.25) is 0 Å². The van der Waals surface area contributed by atoms with Crippen LogP contribution in [-0.2, 0) is 0 Å². The highest BCUT2D eigenvalue weighted by Crippen LogP contribution is 2.26. The standard InChI is InChI=1S/C23H27FN3O2/c1-27(2,3)15-14-26-23(28)22-16-18(12-13-25-22)17-4-8-20(9-5-17)29-21-10-6-19(24)7-11-21/h4-13,16,23,26,28H,14-15H2,1-3H3/q+1. The van der Waals surface area contributed by atoms with Gasteiger partial charge in [0.05, 0.1) is 33.4 Å². The van der Waals surface area contributed by atoms with E-state index in [4.69, 9.17) is 4.74 Å². The van der Waals surface area contributed by atoms with Crippen molar-refractivity contribution in [3.8, 4) is 22.6 Å². The number of aliphatic hydroxyl groups excluding tert-OH is 1. The van der Waals surface area contributed by atoms with Crippen molar-refractivity contribution in [1.82, 2.24) is 10.3 Å². The number of hydrogen-bond donors (Lipinski definition) is 2. The fourth-order valence-electron chi connectivity index (χ4n) is 2.77. The van der Waals surface area contributed by atoms with E-state index in [-0.39, 0.29) is 5.82 Å². The Morgan fingerprint density at radius 3 is 2.21 bits per heavy atom. The van der Waals surface area contributed by atoms with Gasteiger partial charge in [-0.2, -0.15) is 0 Å². The second-order valence-corrected chi connectivity index (χ2v) is 7.92. The summed E-state index contributed by atoms with van der Waals surface area (Å²) in [5, 5.41) is 13.5. The van der Waals surface area contributed by atoms with E-state index in [0.717, 1.165) is 22.2 Å². The van der Waals surface area contributed by atoms with E-state index in [1.807, 2.05) is 36.4 Å². The predicted molar refractivity (Wildman–Crippen MR) is 112 cm³/mol. The van der Waals surface area contributed by atoms with Gasteiger partial charge in [0.25, 0.3) is 0 Å². The Bertz CT molecular complexity index is 922. The van der Waals surface area contributed by atoms with Gasteiger partial charge in [-0.05, 0) is 59.7 Å². The second kappa shape index (κ2) is 9.13. The fourth-order valence-corrected chi connectivity index (χ4v) is 2.77. The van der Waals surface area contributed by atoms with Crippen LogP contribution in [-0.4, -0.2) is 48.8 Å². The maximum atomic E-state index is 13.0. The molecule has 0 bridgehead atoms. The molecular formula is C23H27FN3O2+. The number of nitrogens with one attached hydrogen (secondary N) is 1. The van der Waals surface area contributed by atoms with Crippen LogP contribution in [0.4, 0.5) is 4.39 Å². The van der Waals surface area contributed by atoms with E-state index in [1.165, 1.54) is 12.1 Å². The number of aromatic nitrogens is 1. The van der Waals surface area contributed by atoms with Gasteiger partial charge in [-0.15, -0.1) is 0 Å². The summed E-state index contributed by atoms with van der Waals surface area (Å²) in [4.78, 5) is 4.29. The van der Waals surface area contributed by atoms with E-state index in [9.17, 15) is 9.50 Å². The van der Waals surface area contributed by atoms with Gasteiger partial charge in [-0.25, -0.2) is 4.39 Å². The molecule has 0 saturated carbocycles. The molecular weight excluding hydrogens is 369 g/mol. The third-order valence-electron chi connectivity index (χ3n) is 4.42. The zero-order valence-electron chi connectivity index (χ0n) is 17.0. The first-order valence-corrected chi connectivity index (χ1v) is 9.52. The Morgan fingerprint density at radius 1 is 0.966 bits per heavy atom. The highest BCUT2D eigenvalue weighted by atomic mass is 19.1. The van der Waals surface area contributed by atoms with Crippen molar-refractivity contribution in [3.05, 3.63) is 78.4 Å². The van der Waals surface area contributed by atoms with Gasteiger partial charge in [0.1, 0.15) is 23.5 Å². The molecule has 0 amide bonds. The molecule has 0 aliphatic heterocycles. The Balaban J connectivity index is 1.66. The Labute approximate surface area is 171 Å². The van der Waals surface area contributed by atoms with Crippen LogP contribution in [0.2, 0.25) is 0 Å². The van der Waals surface area contributed by atoms with Crippen molar-refractivity contribution in [2.45, 2.75) is 6.23 Å². The Morgan fingerprint density at radius 2 is 1.59 bits per heavy atom. The summed E-state index contributed by atoms with van der Waals surface area (Å²) in [7, 11) is 6.32. The highest BCUT2D eigenvalue weighted by Gasteiger charge is 2.12. The average molecular weight is 396 g/mol. The maximum absolute atomic E-state index is 13.0. The van der Waals surface area contributed by atoms with Crippen molar-refractivity contribution < 1.29 is 18.7 Å². The number of quaternary nitrogens is 1. The smallest absolute Gasteiger partial charge is 0.148 e. The van der Waals surface area contributed by atoms with Crippen molar-refractivity contribution in [1.29, 1.82) is 0 Å². The number of likely N-dealkylation sites (N-methyl/N-ethyl adjacent to an activating group) is 1.